The van der Waals surface area contributed by atoms with Gasteiger partial charge in [0.2, 0.25) is 0 Å². The lowest BCUT2D eigenvalue weighted by Gasteiger charge is -2.11. The number of halogens is 1. The van der Waals surface area contributed by atoms with E-state index in [1.54, 1.807) is 37.3 Å². The lowest BCUT2D eigenvalue weighted by molar-refractivity contribution is 0.0690. The van der Waals surface area contributed by atoms with Crippen LogP contribution >= 0.6 is 11.6 Å². The van der Waals surface area contributed by atoms with Gasteiger partial charge in [-0.15, -0.1) is 0 Å². The Kier molecular flexibility index (Phi) is 4.24. The molecule has 0 atom stereocenters. The van der Waals surface area contributed by atoms with E-state index in [-0.39, 0.29) is 23.0 Å². The Labute approximate surface area is 162 Å². The molecular weight excluding hydrogens is 384 g/mol. The summed E-state index contributed by atoms with van der Waals surface area (Å²) in [4.78, 5) is 36.4. The van der Waals surface area contributed by atoms with Crippen molar-refractivity contribution >= 4 is 39.3 Å². The van der Waals surface area contributed by atoms with E-state index in [4.69, 9.17) is 16.0 Å². The molecule has 140 valence electrons. The second-order valence-corrected chi connectivity index (χ2v) is 6.76. The SMILES string of the molecule is Cc1cc2oc(=O)cc(Cn3nc(C(=O)O)c4ccccc4c3=O)c2cc1Cl. The molecule has 0 aliphatic rings. The van der Waals surface area contributed by atoms with Gasteiger partial charge in [0.1, 0.15) is 5.58 Å². The van der Waals surface area contributed by atoms with Gasteiger partial charge in [0.05, 0.1) is 11.9 Å². The van der Waals surface area contributed by atoms with Crippen LogP contribution in [0.2, 0.25) is 5.02 Å². The highest BCUT2D eigenvalue weighted by atomic mass is 35.5. The Morgan fingerprint density at radius 1 is 1.14 bits per heavy atom. The highest BCUT2D eigenvalue weighted by Gasteiger charge is 2.17. The van der Waals surface area contributed by atoms with Gasteiger partial charge in [-0.1, -0.05) is 29.8 Å². The molecule has 0 saturated carbocycles. The molecule has 2 aromatic carbocycles. The van der Waals surface area contributed by atoms with Crippen molar-refractivity contribution < 1.29 is 14.3 Å². The molecule has 0 saturated heterocycles. The molecule has 0 fully saturated rings. The van der Waals surface area contributed by atoms with Crippen molar-refractivity contribution in [2.45, 2.75) is 13.5 Å². The van der Waals surface area contributed by atoms with Gasteiger partial charge in [0.15, 0.2) is 5.69 Å². The van der Waals surface area contributed by atoms with Gasteiger partial charge in [-0.3, -0.25) is 4.79 Å². The smallest absolute Gasteiger partial charge is 0.357 e. The van der Waals surface area contributed by atoms with E-state index in [9.17, 15) is 19.5 Å². The van der Waals surface area contributed by atoms with Crippen LogP contribution in [0.5, 0.6) is 0 Å². The third-order valence-corrected chi connectivity index (χ3v) is 4.91. The van der Waals surface area contributed by atoms with E-state index < -0.39 is 17.2 Å². The number of aromatic carboxylic acids is 1. The summed E-state index contributed by atoms with van der Waals surface area (Å²) in [5, 5.41) is 15.0. The number of aromatic nitrogens is 2. The number of aryl methyl sites for hydroxylation is 1. The Bertz CT molecular complexity index is 1390. The lowest BCUT2D eigenvalue weighted by Crippen LogP contribution is -2.27. The number of hydrogen-bond acceptors (Lipinski definition) is 5. The van der Waals surface area contributed by atoms with Crippen LogP contribution in [-0.4, -0.2) is 20.9 Å². The van der Waals surface area contributed by atoms with Gasteiger partial charge in [-0.05, 0) is 36.2 Å². The molecule has 1 N–H and O–H groups in total. The lowest BCUT2D eigenvalue weighted by atomic mass is 10.1. The van der Waals surface area contributed by atoms with Crippen LogP contribution in [0, 0.1) is 6.92 Å². The normalized spacial score (nSPS) is 11.2. The monoisotopic (exact) mass is 396 g/mol. The third kappa shape index (κ3) is 2.95. The second kappa shape index (κ2) is 6.61. The van der Waals surface area contributed by atoms with Gasteiger partial charge >= 0.3 is 11.6 Å². The maximum absolute atomic E-state index is 12.8. The number of nitrogens with zero attached hydrogens (tertiary/aromatic N) is 2. The van der Waals surface area contributed by atoms with Gasteiger partial charge in [0, 0.05) is 21.9 Å². The number of fused-ring (bicyclic) bond motifs is 2. The predicted octanol–water partition coefficient (Wildman–Crippen LogP) is 3.21. The first-order valence-corrected chi connectivity index (χ1v) is 8.69. The van der Waals surface area contributed by atoms with E-state index >= 15 is 0 Å². The average Bonchev–Trinajstić information content (AvgIpc) is 2.65. The zero-order valence-electron chi connectivity index (χ0n) is 14.6. The summed E-state index contributed by atoms with van der Waals surface area (Å²) in [6.45, 7) is 1.68. The summed E-state index contributed by atoms with van der Waals surface area (Å²) in [6, 6.07) is 10.9. The van der Waals surface area contributed by atoms with Crippen molar-refractivity contribution in [3.63, 3.8) is 0 Å². The zero-order chi connectivity index (χ0) is 20.0. The molecule has 8 heteroatoms. The number of hydrogen-bond donors (Lipinski definition) is 1. The molecule has 7 nitrogen and oxygen atoms in total. The molecule has 0 amide bonds. The van der Waals surface area contributed by atoms with Gasteiger partial charge in [0.25, 0.3) is 5.56 Å². The quantitative estimate of drug-likeness (QED) is 0.533. The van der Waals surface area contributed by atoms with Crippen molar-refractivity contribution in [1.29, 1.82) is 0 Å². The Morgan fingerprint density at radius 3 is 2.57 bits per heavy atom. The van der Waals surface area contributed by atoms with Crippen molar-refractivity contribution in [1.82, 2.24) is 9.78 Å². The summed E-state index contributed by atoms with van der Waals surface area (Å²) >= 11 is 6.20. The highest BCUT2D eigenvalue weighted by Crippen LogP contribution is 2.25. The van der Waals surface area contributed by atoms with Gasteiger partial charge < -0.3 is 9.52 Å². The minimum Gasteiger partial charge on any atom is -0.476 e. The van der Waals surface area contributed by atoms with Gasteiger partial charge in [-0.2, -0.15) is 5.10 Å². The minimum absolute atomic E-state index is 0.106. The number of carboxylic acid groups (broad SMARTS) is 1. The Morgan fingerprint density at radius 2 is 1.86 bits per heavy atom. The first-order chi connectivity index (χ1) is 13.3. The van der Waals surface area contributed by atoms with Crippen molar-refractivity contribution in [2.75, 3.05) is 0 Å². The molecule has 2 aromatic heterocycles. The van der Waals surface area contributed by atoms with E-state index in [0.29, 0.717) is 21.6 Å². The summed E-state index contributed by atoms with van der Waals surface area (Å²) < 4.78 is 6.26. The first-order valence-electron chi connectivity index (χ1n) is 8.31. The Hall–Kier alpha value is -3.45. The molecule has 2 heterocycles. The molecule has 0 radical (unpaired) electrons. The fourth-order valence-electron chi connectivity index (χ4n) is 3.14. The predicted molar refractivity (Wildman–Crippen MR) is 104 cm³/mol. The fourth-order valence-corrected chi connectivity index (χ4v) is 3.30. The highest BCUT2D eigenvalue weighted by molar-refractivity contribution is 6.32. The number of benzene rings is 2. The summed E-state index contributed by atoms with van der Waals surface area (Å²) in [5.41, 5.74) is 0.239. The molecule has 4 aromatic rings. The fraction of sp³-hybridized carbons (Fsp3) is 0.100. The molecule has 0 unspecified atom stereocenters. The first kappa shape index (κ1) is 17.9. The van der Waals surface area contributed by atoms with Crippen LogP contribution in [0.25, 0.3) is 21.7 Å². The maximum atomic E-state index is 12.8. The van der Waals surface area contributed by atoms with Crippen LogP contribution in [0.1, 0.15) is 21.6 Å². The van der Waals surface area contributed by atoms with Crippen LogP contribution in [0.4, 0.5) is 0 Å². The largest absolute Gasteiger partial charge is 0.476 e. The topological polar surface area (TPSA) is 102 Å². The standard InChI is InChI=1S/C20H13ClN2O5/c1-10-6-16-14(8-15(10)21)11(7-17(24)28-16)9-23-19(25)13-5-3-2-4-12(13)18(22-23)20(26)27/h2-8H,9H2,1H3,(H,26,27). The molecule has 4 rings (SSSR count). The van der Waals surface area contributed by atoms with Crippen molar-refractivity contribution in [3.05, 3.63) is 85.1 Å². The molecule has 0 spiro atoms. The molecule has 0 aliphatic carbocycles. The molecule has 0 bridgehead atoms. The number of carbonyl (C=O) groups is 1. The minimum atomic E-state index is -1.25. The zero-order valence-corrected chi connectivity index (χ0v) is 15.4. The molecular formula is C20H13ClN2O5. The summed E-state index contributed by atoms with van der Waals surface area (Å²) in [6.07, 6.45) is 0. The average molecular weight is 397 g/mol. The van der Waals surface area contributed by atoms with E-state index in [1.807, 2.05) is 0 Å². The molecule has 28 heavy (non-hydrogen) atoms. The van der Waals surface area contributed by atoms with E-state index in [0.717, 1.165) is 10.2 Å². The third-order valence-electron chi connectivity index (χ3n) is 4.50. The number of rotatable bonds is 3. The van der Waals surface area contributed by atoms with E-state index in [2.05, 4.69) is 5.10 Å². The van der Waals surface area contributed by atoms with Crippen LogP contribution in [-0.2, 0) is 6.54 Å². The summed E-state index contributed by atoms with van der Waals surface area (Å²) in [5.74, 6) is -1.25. The van der Waals surface area contributed by atoms with Gasteiger partial charge in [-0.25, -0.2) is 14.3 Å². The summed E-state index contributed by atoms with van der Waals surface area (Å²) in [7, 11) is 0. The maximum Gasteiger partial charge on any atom is 0.357 e. The van der Waals surface area contributed by atoms with Crippen molar-refractivity contribution in [2.24, 2.45) is 0 Å². The van der Waals surface area contributed by atoms with Crippen LogP contribution < -0.4 is 11.2 Å². The van der Waals surface area contributed by atoms with Crippen LogP contribution in [0.15, 0.2) is 56.5 Å². The number of carboxylic acids is 1. The Balaban J connectivity index is 1.98. The molecule has 0 aliphatic heterocycles. The van der Waals surface area contributed by atoms with Crippen LogP contribution in [0.3, 0.4) is 0 Å². The van der Waals surface area contributed by atoms with Crippen molar-refractivity contribution in [3.8, 4) is 0 Å². The van der Waals surface area contributed by atoms with E-state index in [1.165, 1.54) is 12.1 Å². The second-order valence-electron chi connectivity index (χ2n) is 6.35.